The van der Waals surface area contributed by atoms with Crippen LogP contribution in [0.25, 0.3) is 0 Å². The fourth-order valence-electron chi connectivity index (χ4n) is 2.29. The van der Waals surface area contributed by atoms with Gasteiger partial charge < -0.3 is 10.6 Å². The largest absolute Gasteiger partial charge is 0.395 e. The smallest absolute Gasteiger partial charge is 0.274 e. The van der Waals surface area contributed by atoms with Gasteiger partial charge in [-0.05, 0) is 19.9 Å². The molecule has 6 heteroatoms. The van der Waals surface area contributed by atoms with Crippen LogP contribution in [0, 0.1) is 12.7 Å². The maximum absolute atomic E-state index is 13.8. The molecule has 1 aromatic carbocycles. The van der Waals surface area contributed by atoms with Crippen LogP contribution in [-0.4, -0.2) is 27.6 Å². The first-order valence-corrected chi connectivity index (χ1v) is 6.65. The van der Waals surface area contributed by atoms with Crippen molar-refractivity contribution in [1.82, 2.24) is 14.7 Å². The Kier molecular flexibility index (Phi) is 3.97. The van der Waals surface area contributed by atoms with Gasteiger partial charge in [0.15, 0.2) is 0 Å². The first kappa shape index (κ1) is 15.0. The molecule has 0 aliphatic carbocycles. The van der Waals surface area contributed by atoms with Crippen LogP contribution in [0.2, 0.25) is 0 Å². The normalized spacial score (nSPS) is 12.2. The monoisotopic (exact) mass is 290 g/mol. The molecule has 0 saturated carbocycles. The highest BCUT2D eigenvalue weighted by molar-refractivity contribution is 5.98. The van der Waals surface area contributed by atoms with Gasteiger partial charge >= 0.3 is 0 Å². The topological polar surface area (TPSA) is 64.2 Å². The number of nitrogens with two attached hydrogens (primary N) is 1. The van der Waals surface area contributed by atoms with Crippen molar-refractivity contribution in [2.24, 2.45) is 7.05 Å². The number of benzene rings is 1. The predicted octanol–water partition coefficient (Wildman–Crippen LogP) is 2.28. The molecule has 2 rings (SSSR count). The molecule has 0 spiro atoms. The number of amides is 1. The predicted molar refractivity (Wildman–Crippen MR) is 79.3 cm³/mol. The quantitative estimate of drug-likeness (QED) is 0.943. The van der Waals surface area contributed by atoms with Crippen molar-refractivity contribution in [2.75, 3.05) is 12.8 Å². The molecular formula is C15H19FN4O. The van der Waals surface area contributed by atoms with Gasteiger partial charge in [-0.15, -0.1) is 0 Å². The van der Waals surface area contributed by atoms with Gasteiger partial charge in [0.2, 0.25) is 0 Å². The fraction of sp³-hybridized carbons (Fsp3) is 0.333. The molecule has 0 radical (unpaired) electrons. The molecule has 1 amide bonds. The molecule has 1 heterocycles. The van der Waals surface area contributed by atoms with E-state index >= 15 is 0 Å². The van der Waals surface area contributed by atoms with Gasteiger partial charge in [0.1, 0.15) is 11.5 Å². The molecule has 1 aromatic heterocycles. The summed E-state index contributed by atoms with van der Waals surface area (Å²) in [6.45, 7) is 3.52. The molecule has 2 N–H and O–H groups in total. The molecule has 0 aliphatic rings. The van der Waals surface area contributed by atoms with E-state index in [2.05, 4.69) is 5.10 Å². The molecule has 112 valence electrons. The lowest BCUT2D eigenvalue weighted by Gasteiger charge is -2.25. The van der Waals surface area contributed by atoms with Crippen molar-refractivity contribution in [3.05, 3.63) is 47.0 Å². The van der Waals surface area contributed by atoms with Crippen molar-refractivity contribution >= 4 is 11.6 Å². The molecule has 0 aliphatic heterocycles. The number of halogens is 1. The first-order chi connectivity index (χ1) is 9.84. The number of hydrogen-bond donors (Lipinski definition) is 1. The number of anilines is 1. The number of aryl methyl sites for hydroxylation is 2. The minimum absolute atomic E-state index is 0.286. The summed E-state index contributed by atoms with van der Waals surface area (Å²) < 4.78 is 15.3. The Balaban J connectivity index is 2.33. The van der Waals surface area contributed by atoms with Gasteiger partial charge in [0.25, 0.3) is 5.91 Å². The second kappa shape index (κ2) is 5.55. The summed E-state index contributed by atoms with van der Waals surface area (Å²) in [5.74, 6) is -0.620. The Morgan fingerprint density at radius 3 is 2.57 bits per heavy atom. The molecule has 1 unspecified atom stereocenters. The van der Waals surface area contributed by atoms with Crippen LogP contribution in [-0.2, 0) is 7.05 Å². The van der Waals surface area contributed by atoms with Crippen LogP contribution in [0.5, 0.6) is 0 Å². The number of carbonyl (C=O) groups excluding carboxylic acids is 1. The second-order valence-electron chi connectivity index (χ2n) is 5.08. The first-order valence-electron chi connectivity index (χ1n) is 6.65. The van der Waals surface area contributed by atoms with Crippen LogP contribution in [0.3, 0.4) is 0 Å². The summed E-state index contributed by atoms with van der Waals surface area (Å²) in [7, 11) is 3.29. The van der Waals surface area contributed by atoms with Crippen LogP contribution in [0.1, 0.15) is 34.7 Å². The number of nitrogen functional groups attached to an aromatic ring is 1. The minimum Gasteiger partial charge on any atom is -0.395 e. The van der Waals surface area contributed by atoms with Crippen molar-refractivity contribution in [2.45, 2.75) is 19.9 Å². The van der Waals surface area contributed by atoms with Gasteiger partial charge in [0.05, 0.1) is 17.4 Å². The van der Waals surface area contributed by atoms with Gasteiger partial charge in [-0.1, -0.05) is 18.2 Å². The van der Waals surface area contributed by atoms with E-state index in [1.807, 2.05) is 0 Å². The number of hydrogen-bond acceptors (Lipinski definition) is 3. The van der Waals surface area contributed by atoms with Crippen LogP contribution >= 0.6 is 0 Å². The van der Waals surface area contributed by atoms with Crippen molar-refractivity contribution < 1.29 is 9.18 Å². The SMILES string of the molecule is Cc1nn(C)c(C(=O)N(C)C(C)c2ccccc2F)c1N. The molecule has 21 heavy (non-hydrogen) atoms. The Bertz CT molecular complexity index is 680. The third-order valence-electron chi connectivity index (χ3n) is 3.73. The number of aromatic nitrogens is 2. The van der Waals surface area contributed by atoms with E-state index in [1.54, 1.807) is 46.1 Å². The minimum atomic E-state index is -0.409. The second-order valence-corrected chi connectivity index (χ2v) is 5.08. The van der Waals surface area contributed by atoms with E-state index < -0.39 is 6.04 Å². The van der Waals surface area contributed by atoms with E-state index in [9.17, 15) is 9.18 Å². The van der Waals surface area contributed by atoms with Crippen LogP contribution in [0.15, 0.2) is 24.3 Å². The van der Waals surface area contributed by atoms with Crippen molar-refractivity contribution in [3.8, 4) is 0 Å². The zero-order valence-corrected chi connectivity index (χ0v) is 12.6. The summed E-state index contributed by atoms with van der Waals surface area (Å²) >= 11 is 0. The van der Waals surface area contributed by atoms with Gasteiger partial charge in [-0.25, -0.2) is 4.39 Å². The number of rotatable bonds is 3. The highest BCUT2D eigenvalue weighted by Crippen LogP contribution is 2.25. The molecule has 0 saturated heterocycles. The molecule has 1 atom stereocenters. The summed E-state index contributed by atoms with van der Waals surface area (Å²) in [5.41, 5.74) is 7.65. The Morgan fingerprint density at radius 2 is 2.05 bits per heavy atom. The average Bonchev–Trinajstić information content (AvgIpc) is 2.70. The lowest BCUT2D eigenvalue weighted by atomic mass is 10.1. The molecular weight excluding hydrogens is 271 g/mol. The van der Waals surface area contributed by atoms with Crippen molar-refractivity contribution in [1.29, 1.82) is 0 Å². The third-order valence-corrected chi connectivity index (χ3v) is 3.73. The lowest BCUT2D eigenvalue weighted by molar-refractivity contribution is 0.0730. The molecule has 0 fully saturated rings. The van der Waals surface area contributed by atoms with E-state index in [-0.39, 0.29) is 11.7 Å². The fourth-order valence-corrected chi connectivity index (χ4v) is 2.29. The van der Waals surface area contributed by atoms with Crippen LogP contribution in [0.4, 0.5) is 10.1 Å². The third kappa shape index (κ3) is 2.61. The summed E-state index contributed by atoms with van der Waals surface area (Å²) in [6, 6.07) is 6.01. The summed E-state index contributed by atoms with van der Waals surface area (Å²) in [5, 5.41) is 4.13. The van der Waals surface area contributed by atoms with E-state index in [4.69, 9.17) is 5.73 Å². The molecule has 2 aromatic rings. The summed E-state index contributed by atoms with van der Waals surface area (Å²) in [6.07, 6.45) is 0. The van der Waals surface area contributed by atoms with Crippen LogP contribution < -0.4 is 5.73 Å². The Hall–Kier alpha value is -2.37. The maximum Gasteiger partial charge on any atom is 0.274 e. The zero-order chi connectivity index (χ0) is 15.7. The Labute approximate surface area is 123 Å². The van der Waals surface area contributed by atoms with E-state index in [0.29, 0.717) is 22.6 Å². The van der Waals surface area contributed by atoms with Gasteiger partial charge in [-0.3, -0.25) is 9.48 Å². The number of carbonyl (C=O) groups is 1. The summed E-state index contributed by atoms with van der Waals surface area (Å²) in [4.78, 5) is 14.1. The average molecular weight is 290 g/mol. The Morgan fingerprint density at radius 1 is 1.43 bits per heavy atom. The lowest BCUT2D eigenvalue weighted by Crippen LogP contribution is -2.32. The standard InChI is InChI=1S/C15H19FN4O/c1-9-13(17)14(20(4)18-9)15(21)19(3)10(2)11-7-5-6-8-12(11)16/h5-8,10H,17H2,1-4H3. The maximum atomic E-state index is 13.8. The van der Waals surface area contributed by atoms with Crippen molar-refractivity contribution in [3.63, 3.8) is 0 Å². The van der Waals surface area contributed by atoms with E-state index in [1.165, 1.54) is 15.6 Å². The van der Waals surface area contributed by atoms with Gasteiger partial charge in [0, 0.05) is 19.7 Å². The zero-order valence-electron chi connectivity index (χ0n) is 12.6. The van der Waals surface area contributed by atoms with Gasteiger partial charge in [-0.2, -0.15) is 5.10 Å². The number of nitrogens with zero attached hydrogens (tertiary/aromatic N) is 3. The highest BCUT2D eigenvalue weighted by Gasteiger charge is 2.26. The molecule has 5 nitrogen and oxygen atoms in total. The molecule has 0 bridgehead atoms. The van der Waals surface area contributed by atoms with E-state index in [0.717, 1.165) is 0 Å². The highest BCUT2D eigenvalue weighted by atomic mass is 19.1.